The normalized spacial score (nSPS) is 43.3. The van der Waals surface area contributed by atoms with Gasteiger partial charge in [0.15, 0.2) is 6.61 Å². The molecule has 7 atom stereocenters. The Morgan fingerprint density at radius 2 is 1.91 bits per heavy atom. The van der Waals surface area contributed by atoms with E-state index in [1.165, 1.54) is 17.6 Å². The molecule has 3 saturated carbocycles. The molecule has 192 valence electrons. The van der Waals surface area contributed by atoms with E-state index in [1.807, 2.05) is 6.08 Å². The number of methoxy groups -OCH3 is 1. The first-order chi connectivity index (χ1) is 16.6. The van der Waals surface area contributed by atoms with Crippen LogP contribution >= 0.6 is 0 Å². The minimum atomic E-state index is -0.553. The Bertz CT molecular complexity index is 984. The molecule has 0 aromatic rings. The lowest BCUT2D eigenvalue weighted by atomic mass is 9.47. The number of hydrogen-bond acceptors (Lipinski definition) is 6. The summed E-state index contributed by atoms with van der Waals surface area (Å²) in [4.78, 5) is 31.5. The highest BCUT2D eigenvalue weighted by Gasteiger charge is 2.62. The molecule has 5 rings (SSSR count). The van der Waals surface area contributed by atoms with Gasteiger partial charge in [0.05, 0.1) is 12.7 Å². The average molecular weight is 485 g/mol. The van der Waals surface area contributed by atoms with Gasteiger partial charge in [-0.3, -0.25) is 4.79 Å². The van der Waals surface area contributed by atoms with Crippen molar-refractivity contribution in [1.29, 1.82) is 0 Å². The van der Waals surface area contributed by atoms with Gasteiger partial charge in [-0.2, -0.15) is 0 Å². The van der Waals surface area contributed by atoms with Crippen molar-refractivity contribution in [2.45, 2.75) is 83.8 Å². The van der Waals surface area contributed by atoms with E-state index >= 15 is 0 Å². The number of oxime groups is 1. The molecule has 5 aliphatic rings. The number of carbonyl (C=O) groups excluding carboxylic acids is 2. The van der Waals surface area contributed by atoms with Gasteiger partial charge in [-0.25, -0.2) is 4.79 Å². The Hall–Kier alpha value is -2.15. The first-order valence-corrected chi connectivity index (χ1v) is 13.3. The third-order valence-corrected chi connectivity index (χ3v) is 10.5. The van der Waals surface area contributed by atoms with Crippen LogP contribution in [0.3, 0.4) is 0 Å². The lowest BCUT2D eigenvalue weighted by Gasteiger charge is -2.58. The predicted molar refractivity (Wildman–Crippen MR) is 132 cm³/mol. The lowest BCUT2D eigenvalue weighted by molar-refractivity contribution is -0.152. The van der Waals surface area contributed by atoms with Crippen LogP contribution in [0.4, 0.5) is 0 Å². The number of rotatable bonds is 4. The second kappa shape index (κ2) is 8.75. The number of esters is 1. The van der Waals surface area contributed by atoms with E-state index in [0.29, 0.717) is 30.7 Å². The number of nitrogens with zero attached hydrogens (tertiary/aromatic N) is 2. The minimum Gasteiger partial charge on any atom is -0.467 e. The molecule has 7 heteroatoms. The number of carbonyl (C=O) groups is 2. The maximum atomic E-state index is 12.6. The first kappa shape index (κ1) is 24.5. The quantitative estimate of drug-likeness (QED) is 0.481. The Kier molecular flexibility index (Phi) is 6.14. The second-order valence-electron chi connectivity index (χ2n) is 12.0. The molecule has 0 bridgehead atoms. The fourth-order valence-electron chi connectivity index (χ4n) is 8.20. The van der Waals surface area contributed by atoms with E-state index in [-0.39, 0.29) is 29.3 Å². The molecule has 0 radical (unpaired) electrons. The van der Waals surface area contributed by atoms with E-state index in [2.05, 4.69) is 38.1 Å². The molecule has 1 amide bonds. The van der Waals surface area contributed by atoms with E-state index in [1.54, 1.807) is 0 Å². The minimum absolute atomic E-state index is 0.0107. The Labute approximate surface area is 208 Å². The van der Waals surface area contributed by atoms with E-state index < -0.39 is 11.6 Å². The molecule has 35 heavy (non-hydrogen) atoms. The summed E-state index contributed by atoms with van der Waals surface area (Å²) in [6, 6.07) is -0.516. The maximum Gasteiger partial charge on any atom is 0.328 e. The summed E-state index contributed by atoms with van der Waals surface area (Å²) < 4.78 is 4.82. The maximum absolute atomic E-state index is 12.6. The van der Waals surface area contributed by atoms with Gasteiger partial charge in [0.25, 0.3) is 5.91 Å². The number of hydrogen-bond donors (Lipinski definition) is 1. The Morgan fingerprint density at radius 3 is 2.69 bits per heavy atom. The van der Waals surface area contributed by atoms with Crippen LogP contribution in [0.1, 0.15) is 72.1 Å². The molecule has 0 aromatic heterocycles. The molecule has 1 heterocycles. The van der Waals surface area contributed by atoms with Crippen LogP contribution in [0.25, 0.3) is 0 Å². The van der Waals surface area contributed by atoms with Gasteiger partial charge in [0.2, 0.25) is 0 Å². The average Bonchev–Trinajstić information content (AvgIpc) is 3.41. The standard InChI is InChI=1S/C28H40N2O5/c1-26-12-9-19(29-35-17-24(31)30-15-5-6-23(30)25(32)34-4)16-18(26)7-8-20-21(26)10-13-27(2)22(20)11-14-28(27,3)33/h9,12,16,20-23,33H,5-8,10-11,13-15,17H2,1-4H3/t20?,21?,22?,23?,26-,27-,28-/m0/s1. The van der Waals surface area contributed by atoms with Crippen molar-refractivity contribution in [1.82, 2.24) is 4.90 Å². The number of likely N-dealkylation sites (tertiary alicyclic amines) is 1. The van der Waals surface area contributed by atoms with Gasteiger partial charge < -0.3 is 19.6 Å². The molecule has 4 fully saturated rings. The van der Waals surface area contributed by atoms with Gasteiger partial charge in [-0.05, 0) is 93.6 Å². The second-order valence-corrected chi connectivity index (χ2v) is 12.0. The highest BCUT2D eigenvalue weighted by Crippen LogP contribution is 2.66. The monoisotopic (exact) mass is 484 g/mol. The van der Waals surface area contributed by atoms with Gasteiger partial charge >= 0.3 is 5.97 Å². The fourth-order valence-corrected chi connectivity index (χ4v) is 8.20. The fraction of sp³-hybridized carbons (Fsp3) is 0.750. The molecule has 0 spiro atoms. The van der Waals surface area contributed by atoms with Crippen LogP contribution < -0.4 is 0 Å². The topological polar surface area (TPSA) is 88.4 Å². The van der Waals surface area contributed by atoms with Crippen molar-refractivity contribution < 1.29 is 24.3 Å². The molecule has 4 unspecified atom stereocenters. The predicted octanol–water partition coefficient (Wildman–Crippen LogP) is 4.01. The SMILES string of the molecule is COC(=O)C1CCCN1C(=O)CON=C1C=C[C@@]2(C)C(=C1)CCC1C2CC[C@@]2(C)C1CC[C@]2(C)O. The highest BCUT2D eigenvalue weighted by molar-refractivity contribution is 6.05. The molecule has 0 aromatic carbocycles. The van der Waals surface area contributed by atoms with Crippen LogP contribution in [0.15, 0.2) is 29.0 Å². The Balaban J connectivity index is 1.24. The summed E-state index contributed by atoms with van der Waals surface area (Å²) in [5.74, 6) is 1.20. The molecule has 1 N–H and O–H groups in total. The van der Waals surface area contributed by atoms with Crippen molar-refractivity contribution in [2.24, 2.45) is 33.7 Å². The van der Waals surface area contributed by atoms with Crippen LogP contribution in [0.5, 0.6) is 0 Å². The van der Waals surface area contributed by atoms with Crippen LogP contribution in [-0.2, 0) is 19.2 Å². The van der Waals surface area contributed by atoms with Crippen molar-refractivity contribution in [3.05, 3.63) is 23.8 Å². The van der Waals surface area contributed by atoms with Crippen LogP contribution in [0.2, 0.25) is 0 Å². The van der Waals surface area contributed by atoms with Crippen molar-refractivity contribution in [2.75, 3.05) is 20.3 Å². The lowest BCUT2D eigenvalue weighted by Crippen LogP contribution is -2.53. The van der Waals surface area contributed by atoms with Gasteiger partial charge in [0.1, 0.15) is 11.8 Å². The van der Waals surface area contributed by atoms with E-state index in [4.69, 9.17) is 9.57 Å². The molecule has 4 aliphatic carbocycles. The largest absolute Gasteiger partial charge is 0.467 e. The zero-order chi connectivity index (χ0) is 25.0. The van der Waals surface area contributed by atoms with Gasteiger partial charge in [-0.15, -0.1) is 0 Å². The summed E-state index contributed by atoms with van der Waals surface area (Å²) in [5, 5.41) is 15.4. The summed E-state index contributed by atoms with van der Waals surface area (Å²) in [6.45, 7) is 7.10. The summed E-state index contributed by atoms with van der Waals surface area (Å²) >= 11 is 0. The van der Waals surface area contributed by atoms with Crippen molar-refractivity contribution >= 4 is 17.6 Å². The third-order valence-electron chi connectivity index (χ3n) is 10.5. The van der Waals surface area contributed by atoms with Crippen molar-refractivity contribution in [3.63, 3.8) is 0 Å². The van der Waals surface area contributed by atoms with Crippen LogP contribution in [-0.4, -0.2) is 59.5 Å². The molecule has 1 aliphatic heterocycles. The zero-order valence-electron chi connectivity index (χ0n) is 21.6. The summed E-state index contributed by atoms with van der Waals surface area (Å²) in [6.07, 6.45) is 14.3. The smallest absolute Gasteiger partial charge is 0.328 e. The van der Waals surface area contributed by atoms with Gasteiger partial charge in [0, 0.05) is 12.0 Å². The number of fused-ring (bicyclic) bond motifs is 5. The number of aliphatic hydroxyl groups is 1. The van der Waals surface area contributed by atoms with E-state index in [0.717, 1.165) is 50.7 Å². The summed E-state index contributed by atoms with van der Waals surface area (Å²) in [7, 11) is 1.35. The highest BCUT2D eigenvalue weighted by atomic mass is 16.6. The number of allylic oxidation sites excluding steroid dienone is 4. The number of ether oxygens (including phenoxy) is 1. The Morgan fingerprint density at radius 1 is 1.14 bits per heavy atom. The molecular formula is C28H40N2O5. The first-order valence-electron chi connectivity index (χ1n) is 13.3. The zero-order valence-corrected chi connectivity index (χ0v) is 21.6. The van der Waals surface area contributed by atoms with Crippen LogP contribution in [0, 0.1) is 28.6 Å². The molecular weight excluding hydrogens is 444 g/mol. The third kappa shape index (κ3) is 3.85. The molecule has 7 nitrogen and oxygen atoms in total. The molecule has 1 saturated heterocycles. The number of amides is 1. The summed E-state index contributed by atoms with van der Waals surface area (Å²) in [5.41, 5.74) is 1.62. The van der Waals surface area contributed by atoms with Gasteiger partial charge in [-0.1, -0.05) is 30.7 Å². The van der Waals surface area contributed by atoms with Crippen molar-refractivity contribution in [3.8, 4) is 0 Å². The van der Waals surface area contributed by atoms with E-state index in [9.17, 15) is 14.7 Å².